The number of hydrogen-bond donors (Lipinski definition) is 0. The Balaban J connectivity index is 2.09. The van der Waals surface area contributed by atoms with Gasteiger partial charge in [0.15, 0.2) is 0 Å². The third-order valence-electron chi connectivity index (χ3n) is 3.20. The zero-order valence-corrected chi connectivity index (χ0v) is 10.9. The summed E-state index contributed by atoms with van der Waals surface area (Å²) in [5, 5.41) is 0. The molecule has 1 unspecified atom stereocenters. The molecule has 2 rings (SSSR count). The van der Waals surface area contributed by atoms with Gasteiger partial charge in [-0.3, -0.25) is 9.69 Å². The Kier molecular flexibility index (Phi) is 4.33. The molecule has 4 heteroatoms. The summed E-state index contributed by atoms with van der Waals surface area (Å²) in [5.41, 5.74) is 1.16. The van der Waals surface area contributed by atoms with Crippen LogP contribution in [0.15, 0.2) is 24.3 Å². The van der Waals surface area contributed by atoms with Crippen molar-refractivity contribution < 1.29 is 14.3 Å². The second-order valence-electron chi connectivity index (χ2n) is 4.49. The number of benzene rings is 1. The van der Waals surface area contributed by atoms with Crippen LogP contribution in [-0.4, -0.2) is 37.2 Å². The quantitative estimate of drug-likeness (QED) is 0.606. The Morgan fingerprint density at radius 1 is 1.39 bits per heavy atom. The van der Waals surface area contributed by atoms with Crippen molar-refractivity contribution in [1.29, 1.82) is 0 Å². The van der Waals surface area contributed by atoms with Gasteiger partial charge in [-0.1, -0.05) is 12.1 Å². The van der Waals surface area contributed by atoms with Gasteiger partial charge < -0.3 is 9.47 Å². The van der Waals surface area contributed by atoms with E-state index in [1.807, 2.05) is 12.1 Å². The molecule has 18 heavy (non-hydrogen) atoms. The maximum absolute atomic E-state index is 10.9. The van der Waals surface area contributed by atoms with Crippen LogP contribution in [0, 0.1) is 0 Å². The lowest BCUT2D eigenvalue weighted by atomic mass is 10.1. The Bertz CT molecular complexity index is 413. The van der Waals surface area contributed by atoms with Crippen molar-refractivity contribution in [1.82, 2.24) is 4.90 Å². The fourth-order valence-electron chi connectivity index (χ4n) is 2.18. The van der Waals surface area contributed by atoms with Gasteiger partial charge >= 0.3 is 5.97 Å². The van der Waals surface area contributed by atoms with E-state index in [0.29, 0.717) is 11.8 Å². The summed E-state index contributed by atoms with van der Waals surface area (Å²) < 4.78 is 10.5. The lowest BCUT2D eigenvalue weighted by Gasteiger charge is -2.32. The molecule has 1 atom stereocenters. The fourth-order valence-corrected chi connectivity index (χ4v) is 2.18. The van der Waals surface area contributed by atoms with Gasteiger partial charge in [0.1, 0.15) is 5.75 Å². The molecule has 0 bridgehead atoms. The minimum atomic E-state index is -0.286. The molecule has 1 fully saturated rings. The molecule has 1 saturated heterocycles. The summed E-state index contributed by atoms with van der Waals surface area (Å²) in [7, 11) is 0. The first-order chi connectivity index (χ1) is 8.66. The molecule has 4 nitrogen and oxygen atoms in total. The van der Waals surface area contributed by atoms with Crippen molar-refractivity contribution in [3.8, 4) is 5.75 Å². The second-order valence-corrected chi connectivity index (χ2v) is 4.49. The summed E-state index contributed by atoms with van der Waals surface area (Å²) in [5.74, 6) is 0.325. The maximum atomic E-state index is 10.9. The van der Waals surface area contributed by atoms with Crippen molar-refractivity contribution in [2.24, 2.45) is 0 Å². The van der Waals surface area contributed by atoms with Gasteiger partial charge in [0, 0.05) is 26.1 Å². The summed E-state index contributed by atoms with van der Waals surface area (Å²) in [6, 6.07) is 8.03. The summed E-state index contributed by atoms with van der Waals surface area (Å²) in [6.45, 7) is 7.04. The summed E-state index contributed by atoms with van der Waals surface area (Å²) >= 11 is 0. The smallest absolute Gasteiger partial charge is 0.308 e. The largest absolute Gasteiger partial charge is 0.427 e. The fraction of sp³-hybridized carbons (Fsp3) is 0.500. The first kappa shape index (κ1) is 13.1. The lowest BCUT2D eigenvalue weighted by Crippen LogP contribution is -2.38. The van der Waals surface area contributed by atoms with Gasteiger partial charge in [-0.05, 0) is 24.6 Å². The SMILES string of the molecule is CC(=O)Oc1cccc(C(C)N2CCOCC2)c1. The molecule has 0 spiro atoms. The van der Waals surface area contributed by atoms with Crippen molar-refractivity contribution in [3.05, 3.63) is 29.8 Å². The summed E-state index contributed by atoms with van der Waals surface area (Å²) in [6.07, 6.45) is 0. The van der Waals surface area contributed by atoms with Gasteiger partial charge in [-0.2, -0.15) is 0 Å². The van der Waals surface area contributed by atoms with E-state index in [4.69, 9.17) is 9.47 Å². The van der Waals surface area contributed by atoms with Crippen LogP contribution in [0.25, 0.3) is 0 Å². The van der Waals surface area contributed by atoms with Crippen LogP contribution in [0.4, 0.5) is 0 Å². The Morgan fingerprint density at radius 2 is 2.11 bits per heavy atom. The minimum Gasteiger partial charge on any atom is -0.427 e. The topological polar surface area (TPSA) is 38.8 Å². The average molecular weight is 249 g/mol. The van der Waals surface area contributed by atoms with E-state index in [0.717, 1.165) is 31.9 Å². The number of ether oxygens (including phenoxy) is 2. The van der Waals surface area contributed by atoms with Crippen LogP contribution in [0.5, 0.6) is 5.75 Å². The van der Waals surface area contributed by atoms with Gasteiger partial charge in [-0.25, -0.2) is 0 Å². The van der Waals surface area contributed by atoms with Crippen molar-refractivity contribution in [3.63, 3.8) is 0 Å². The molecule has 0 amide bonds. The summed E-state index contributed by atoms with van der Waals surface area (Å²) in [4.78, 5) is 13.3. The maximum Gasteiger partial charge on any atom is 0.308 e. The van der Waals surface area contributed by atoms with E-state index in [1.165, 1.54) is 6.92 Å². The third-order valence-corrected chi connectivity index (χ3v) is 3.20. The number of carbonyl (C=O) groups is 1. The van der Waals surface area contributed by atoms with Crippen LogP contribution in [0.1, 0.15) is 25.5 Å². The molecular formula is C14H19NO3. The number of nitrogens with zero attached hydrogens (tertiary/aromatic N) is 1. The van der Waals surface area contributed by atoms with Crippen LogP contribution in [0.3, 0.4) is 0 Å². The van der Waals surface area contributed by atoms with Crippen LogP contribution in [0.2, 0.25) is 0 Å². The van der Waals surface area contributed by atoms with Crippen LogP contribution < -0.4 is 4.74 Å². The second kappa shape index (κ2) is 5.98. The van der Waals surface area contributed by atoms with Crippen LogP contribution >= 0.6 is 0 Å². The van der Waals surface area contributed by atoms with E-state index in [2.05, 4.69) is 17.9 Å². The lowest BCUT2D eigenvalue weighted by molar-refractivity contribution is -0.131. The first-order valence-electron chi connectivity index (χ1n) is 6.27. The molecule has 1 aliphatic rings. The third kappa shape index (κ3) is 3.31. The van der Waals surface area contributed by atoms with E-state index >= 15 is 0 Å². The number of hydrogen-bond acceptors (Lipinski definition) is 4. The van der Waals surface area contributed by atoms with Crippen molar-refractivity contribution >= 4 is 5.97 Å². The van der Waals surface area contributed by atoms with Crippen molar-refractivity contribution in [2.45, 2.75) is 19.9 Å². The standard InChI is InChI=1S/C14H19NO3/c1-11(15-6-8-17-9-7-15)13-4-3-5-14(10-13)18-12(2)16/h3-5,10-11H,6-9H2,1-2H3. The highest BCUT2D eigenvalue weighted by atomic mass is 16.5. The van der Waals surface area contributed by atoms with Crippen molar-refractivity contribution in [2.75, 3.05) is 26.3 Å². The zero-order valence-electron chi connectivity index (χ0n) is 10.9. The Morgan fingerprint density at radius 3 is 2.78 bits per heavy atom. The predicted octanol–water partition coefficient (Wildman–Crippen LogP) is 2.01. The van der Waals surface area contributed by atoms with E-state index in [1.54, 1.807) is 6.07 Å². The Hall–Kier alpha value is -1.39. The molecule has 1 aromatic rings. The minimum absolute atomic E-state index is 0.286. The number of morpholine rings is 1. The molecule has 0 aliphatic carbocycles. The highest BCUT2D eigenvalue weighted by Gasteiger charge is 2.18. The van der Waals surface area contributed by atoms with E-state index in [-0.39, 0.29) is 5.97 Å². The average Bonchev–Trinajstić information content (AvgIpc) is 2.38. The van der Waals surface area contributed by atoms with Gasteiger partial charge in [0.2, 0.25) is 0 Å². The molecule has 1 aromatic carbocycles. The number of rotatable bonds is 3. The predicted molar refractivity (Wildman–Crippen MR) is 68.6 cm³/mol. The molecule has 1 aliphatic heterocycles. The van der Waals surface area contributed by atoms with Crippen LogP contribution in [-0.2, 0) is 9.53 Å². The van der Waals surface area contributed by atoms with Gasteiger partial charge in [0.25, 0.3) is 0 Å². The molecule has 0 aromatic heterocycles. The monoisotopic (exact) mass is 249 g/mol. The molecule has 0 radical (unpaired) electrons. The molecule has 0 saturated carbocycles. The highest BCUT2D eigenvalue weighted by Crippen LogP contribution is 2.24. The molecule has 0 N–H and O–H groups in total. The first-order valence-corrected chi connectivity index (χ1v) is 6.27. The molecule has 1 heterocycles. The van der Waals surface area contributed by atoms with Gasteiger partial charge in [0.05, 0.1) is 13.2 Å². The van der Waals surface area contributed by atoms with E-state index < -0.39 is 0 Å². The number of carbonyl (C=O) groups excluding carboxylic acids is 1. The van der Waals surface area contributed by atoms with E-state index in [9.17, 15) is 4.79 Å². The zero-order chi connectivity index (χ0) is 13.0. The molecular weight excluding hydrogens is 230 g/mol. The normalized spacial score (nSPS) is 18.3. The molecule has 98 valence electrons. The Labute approximate surface area is 107 Å². The number of esters is 1. The van der Waals surface area contributed by atoms with Gasteiger partial charge in [-0.15, -0.1) is 0 Å². The highest BCUT2D eigenvalue weighted by molar-refractivity contribution is 5.69.